The summed E-state index contributed by atoms with van der Waals surface area (Å²) in [4.78, 5) is 24.2. The van der Waals surface area contributed by atoms with Gasteiger partial charge in [-0.15, -0.1) is 0 Å². The molecule has 0 bridgehead atoms. The van der Waals surface area contributed by atoms with Crippen LogP contribution in [0.3, 0.4) is 0 Å². The number of anilines is 2. The van der Waals surface area contributed by atoms with E-state index in [1.165, 1.54) is 12.5 Å². The number of amides is 2. The van der Waals surface area contributed by atoms with Gasteiger partial charge in [0, 0.05) is 46.5 Å². The van der Waals surface area contributed by atoms with E-state index in [0.29, 0.717) is 23.7 Å². The molecule has 4 rings (SSSR count). The molecule has 2 N–H and O–H groups in total. The Labute approximate surface area is 211 Å². The van der Waals surface area contributed by atoms with Crippen LogP contribution in [0.25, 0.3) is 27.7 Å². The average Bonchev–Trinajstić information content (AvgIpc) is 3.25. The first-order chi connectivity index (χ1) is 17.3. The molecular formula is C30H30N2O4. The van der Waals surface area contributed by atoms with Crippen LogP contribution in [0.4, 0.5) is 11.4 Å². The van der Waals surface area contributed by atoms with Crippen molar-refractivity contribution in [3.8, 4) is 16.9 Å². The standard InChI is InChI=1S/C30H30N2O4/c1-6-35-29-20(4)30-26(27(17-36-30)22-12-10-18(2)11-13-22)16-25(29)19(3)14-28(34)32-24-9-7-8-23(15-24)31-21(5)33/h7-17H,6H2,1-5H3,(H,31,33)(H,32,34)/b19-14+. The van der Waals surface area contributed by atoms with Crippen molar-refractivity contribution in [2.24, 2.45) is 0 Å². The summed E-state index contributed by atoms with van der Waals surface area (Å²) in [6.45, 7) is 9.78. The van der Waals surface area contributed by atoms with Crippen LogP contribution < -0.4 is 15.4 Å². The molecule has 1 heterocycles. The summed E-state index contributed by atoms with van der Waals surface area (Å²) in [6, 6.07) is 17.4. The summed E-state index contributed by atoms with van der Waals surface area (Å²) in [5.74, 6) is 0.246. The largest absolute Gasteiger partial charge is 0.493 e. The molecular weight excluding hydrogens is 452 g/mol. The first kappa shape index (κ1) is 24.8. The van der Waals surface area contributed by atoms with Gasteiger partial charge in [0.1, 0.15) is 11.3 Å². The minimum absolute atomic E-state index is 0.173. The molecule has 1 aromatic heterocycles. The molecule has 6 nitrogen and oxygen atoms in total. The number of fused-ring (bicyclic) bond motifs is 1. The Morgan fingerprint density at radius 2 is 1.67 bits per heavy atom. The topological polar surface area (TPSA) is 80.6 Å². The van der Waals surface area contributed by atoms with Gasteiger partial charge in [0.25, 0.3) is 0 Å². The number of hydrogen-bond acceptors (Lipinski definition) is 4. The number of hydrogen-bond donors (Lipinski definition) is 2. The molecule has 0 atom stereocenters. The van der Waals surface area contributed by atoms with Crippen molar-refractivity contribution in [3.05, 3.63) is 83.6 Å². The van der Waals surface area contributed by atoms with Gasteiger partial charge >= 0.3 is 0 Å². The first-order valence-electron chi connectivity index (χ1n) is 11.9. The normalized spacial score (nSPS) is 11.4. The van der Waals surface area contributed by atoms with Crippen LogP contribution in [0.5, 0.6) is 5.75 Å². The number of aryl methyl sites for hydroxylation is 2. The minimum atomic E-state index is -0.279. The van der Waals surface area contributed by atoms with E-state index < -0.39 is 0 Å². The Kier molecular flexibility index (Phi) is 7.25. The highest BCUT2D eigenvalue weighted by molar-refractivity contribution is 6.06. The zero-order chi connectivity index (χ0) is 25.8. The number of nitrogens with one attached hydrogen (secondary N) is 2. The van der Waals surface area contributed by atoms with Gasteiger partial charge in [0.2, 0.25) is 11.8 Å². The van der Waals surface area contributed by atoms with Crippen molar-refractivity contribution >= 4 is 39.7 Å². The van der Waals surface area contributed by atoms with E-state index in [2.05, 4.69) is 41.8 Å². The molecule has 4 aromatic rings. The Bertz CT molecular complexity index is 1460. The van der Waals surface area contributed by atoms with Gasteiger partial charge < -0.3 is 19.8 Å². The number of ether oxygens (including phenoxy) is 1. The van der Waals surface area contributed by atoms with Gasteiger partial charge in [-0.25, -0.2) is 0 Å². The molecule has 0 unspecified atom stereocenters. The molecule has 0 spiro atoms. The highest BCUT2D eigenvalue weighted by Gasteiger charge is 2.19. The lowest BCUT2D eigenvalue weighted by Crippen LogP contribution is -2.10. The second-order valence-corrected chi connectivity index (χ2v) is 8.78. The fourth-order valence-electron chi connectivity index (χ4n) is 4.23. The van der Waals surface area contributed by atoms with Crippen LogP contribution in [0.15, 0.2) is 71.4 Å². The van der Waals surface area contributed by atoms with Crippen LogP contribution >= 0.6 is 0 Å². The molecule has 0 fully saturated rings. The zero-order valence-corrected chi connectivity index (χ0v) is 21.2. The Morgan fingerprint density at radius 1 is 0.972 bits per heavy atom. The lowest BCUT2D eigenvalue weighted by molar-refractivity contribution is -0.114. The van der Waals surface area contributed by atoms with Gasteiger partial charge in [0.05, 0.1) is 12.9 Å². The highest BCUT2D eigenvalue weighted by atomic mass is 16.5. The maximum atomic E-state index is 12.9. The maximum absolute atomic E-state index is 12.9. The summed E-state index contributed by atoms with van der Waals surface area (Å²) in [5, 5.41) is 6.55. The van der Waals surface area contributed by atoms with Gasteiger partial charge in [-0.2, -0.15) is 0 Å². The number of benzene rings is 3. The second kappa shape index (κ2) is 10.5. The van der Waals surface area contributed by atoms with E-state index in [1.807, 2.05) is 26.8 Å². The Balaban J connectivity index is 1.71. The molecule has 0 saturated carbocycles. The van der Waals surface area contributed by atoms with Gasteiger partial charge in [-0.05, 0) is 63.1 Å². The molecule has 3 aromatic carbocycles. The Hall–Kier alpha value is -4.32. The average molecular weight is 483 g/mol. The summed E-state index contributed by atoms with van der Waals surface area (Å²) in [7, 11) is 0. The predicted octanol–water partition coefficient (Wildman–Crippen LogP) is 7.12. The third-order valence-corrected chi connectivity index (χ3v) is 5.92. The van der Waals surface area contributed by atoms with Crippen molar-refractivity contribution in [2.45, 2.75) is 34.6 Å². The maximum Gasteiger partial charge on any atom is 0.248 e. The van der Waals surface area contributed by atoms with Crippen LogP contribution in [-0.2, 0) is 9.59 Å². The van der Waals surface area contributed by atoms with E-state index in [1.54, 1.807) is 36.6 Å². The molecule has 2 amide bonds. The zero-order valence-electron chi connectivity index (χ0n) is 21.2. The van der Waals surface area contributed by atoms with E-state index in [9.17, 15) is 9.59 Å². The lowest BCUT2D eigenvalue weighted by atomic mass is 9.96. The Morgan fingerprint density at radius 3 is 2.33 bits per heavy atom. The molecule has 0 aliphatic carbocycles. The monoisotopic (exact) mass is 482 g/mol. The fraction of sp³-hybridized carbons (Fsp3) is 0.200. The summed E-state index contributed by atoms with van der Waals surface area (Å²) >= 11 is 0. The summed E-state index contributed by atoms with van der Waals surface area (Å²) < 4.78 is 12.0. The van der Waals surface area contributed by atoms with Crippen molar-refractivity contribution < 1.29 is 18.7 Å². The van der Waals surface area contributed by atoms with Gasteiger partial charge in [0.15, 0.2) is 0 Å². The smallest absolute Gasteiger partial charge is 0.248 e. The van der Waals surface area contributed by atoms with Crippen molar-refractivity contribution in [2.75, 3.05) is 17.2 Å². The molecule has 0 aliphatic rings. The third-order valence-electron chi connectivity index (χ3n) is 5.92. The van der Waals surface area contributed by atoms with Crippen molar-refractivity contribution in [3.63, 3.8) is 0 Å². The quantitative estimate of drug-likeness (QED) is 0.275. The summed E-state index contributed by atoms with van der Waals surface area (Å²) in [6.07, 6.45) is 3.33. The molecule has 0 radical (unpaired) electrons. The highest BCUT2D eigenvalue weighted by Crippen LogP contribution is 2.40. The molecule has 6 heteroatoms. The van der Waals surface area contributed by atoms with Crippen LogP contribution in [0.2, 0.25) is 0 Å². The number of allylic oxidation sites excluding steroid dienone is 1. The first-order valence-corrected chi connectivity index (χ1v) is 11.9. The van der Waals surface area contributed by atoms with E-state index in [0.717, 1.165) is 38.8 Å². The second-order valence-electron chi connectivity index (χ2n) is 8.78. The number of carbonyl (C=O) groups excluding carboxylic acids is 2. The third kappa shape index (κ3) is 5.33. The molecule has 36 heavy (non-hydrogen) atoms. The molecule has 0 aliphatic heterocycles. The number of furan rings is 1. The molecule has 184 valence electrons. The number of carbonyl (C=O) groups is 2. The van der Waals surface area contributed by atoms with Crippen LogP contribution in [-0.4, -0.2) is 18.4 Å². The van der Waals surface area contributed by atoms with Gasteiger partial charge in [-0.1, -0.05) is 35.9 Å². The van der Waals surface area contributed by atoms with Crippen molar-refractivity contribution in [1.82, 2.24) is 0 Å². The predicted molar refractivity (Wildman–Crippen MR) is 145 cm³/mol. The molecule has 0 saturated heterocycles. The summed E-state index contributed by atoms with van der Waals surface area (Å²) in [5.41, 5.74) is 7.69. The van der Waals surface area contributed by atoms with E-state index in [4.69, 9.17) is 9.15 Å². The van der Waals surface area contributed by atoms with Gasteiger partial charge in [-0.3, -0.25) is 9.59 Å². The SMILES string of the molecule is CCOc1c(/C(C)=C/C(=O)Nc2cccc(NC(C)=O)c2)cc2c(-c3ccc(C)cc3)coc2c1C. The fourth-order valence-corrected chi connectivity index (χ4v) is 4.23. The minimum Gasteiger partial charge on any atom is -0.493 e. The van der Waals surface area contributed by atoms with Crippen molar-refractivity contribution in [1.29, 1.82) is 0 Å². The number of rotatable bonds is 7. The van der Waals surface area contributed by atoms with E-state index >= 15 is 0 Å². The van der Waals surface area contributed by atoms with Crippen LogP contribution in [0, 0.1) is 13.8 Å². The lowest BCUT2D eigenvalue weighted by Gasteiger charge is -2.15. The van der Waals surface area contributed by atoms with E-state index in [-0.39, 0.29) is 11.8 Å². The van der Waals surface area contributed by atoms with Crippen LogP contribution in [0.1, 0.15) is 37.5 Å².